The molecule has 1 aromatic rings. The summed E-state index contributed by atoms with van der Waals surface area (Å²) >= 11 is 0. The summed E-state index contributed by atoms with van der Waals surface area (Å²) in [7, 11) is 0. The van der Waals surface area contributed by atoms with E-state index in [1.165, 1.54) is 0 Å². The molecule has 0 unspecified atom stereocenters. The number of rotatable bonds is 3. The van der Waals surface area contributed by atoms with Crippen LogP contribution < -0.4 is 15.4 Å². The fourth-order valence-electron chi connectivity index (χ4n) is 1.39. The fraction of sp³-hybridized carbons (Fsp3) is 0.200. The van der Waals surface area contributed by atoms with E-state index in [4.69, 9.17) is 4.74 Å². The Hall–Kier alpha value is -2.04. The lowest BCUT2D eigenvalue weighted by molar-refractivity contribution is -0.118. The van der Waals surface area contributed by atoms with E-state index in [9.17, 15) is 9.59 Å². The maximum atomic E-state index is 11.0. The molecular weight excluding hydrogens is 196 g/mol. The summed E-state index contributed by atoms with van der Waals surface area (Å²) in [5.41, 5.74) is 1.60. The minimum absolute atomic E-state index is 0.0392. The van der Waals surface area contributed by atoms with Crippen molar-refractivity contribution in [3.63, 3.8) is 0 Å². The van der Waals surface area contributed by atoms with Crippen LogP contribution in [0, 0.1) is 0 Å². The average Bonchev–Trinajstić information content (AvgIpc) is 2.26. The quantitative estimate of drug-likeness (QED) is 0.697. The van der Waals surface area contributed by atoms with Crippen LogP contribution in [0.25, 0.3) is 0 Å². The Morgan fingerprint density at radius 2 is 2.40 bits per heavy atom. The van der Waals surface area contributed by atoms with E-state index in [0.29, 0.717) is 24.4 Å². The van der Waals surface area contributed by atoms with Crippen molar-refractivity contribution in [3.8, 4) is 5.75 Å². The fourth-order valence-corrected chi connectivity index (χ4v) is 1.39. The number of nitrogens with one attached hydrogen (secondary N) is 2. The van der Waals surface area contributed by atoms with E-state index >= 15 is 0 Å². The van der Waals surface area contributed by atoms with E-state index in [2.05, 4.69) is 10.6 Å². The van der Waals surface area contributed by atoms with Crippen LogP contribution in [0.1, 0.15) is 5.56 Å². The first-order chi connectivity index (χ1) is 7.29. The smallest absolute Gasteiger partial charge is 0.262 e. The summed E-state index contributed by atoms with van der Waals surface area (Å²) in [6, 6.07) is 5.38. The number of fused-ring (bicyclic) bond motifs is 1. The maximum absolute atomic E-state index is 11.0. The van der Waals surface area contributed by atoms with Crippen molar-refractivity contribution in [3.05, 3.63) is 23.8 Å². The highest BCUT2D eigenvalue weighted by atomic mass is 16.5. The Kier molecular flexibility index (Phi) is 2.53. The van der Waals surface area contributed by atoms with Crippen LogP contribution in [0.3, 0.4) is 0 Å². The Morgan fingerprint density at radius 3 is 3.20 bits per heavy atom. The molecule has 5 nitrogen and oxygen atoms in total. The Bertz CT molecular complexity index is 404. The molecule has 15 heavy (non-hydrogen) atoms. The summed E-state index contributed by atoms with van der Waals surface area (Å²) in [4.78, 5) is 21.1. The van der Waals surface area contributed by atoms with Crippen molar-refractivity contribution in [2.75, 3.05) is 11.9 Å². The molecule has 2 N–H and O–H groups in total. The number of amides is 2. The van der Waals surface area contributed by atoms with E-state index in [0.717, 1.165) is 5.56 Å². The Balaban J connectivity index is 2.19. The summed E-state index contributed by atoms with van der Waals surface area (Å²) in [5.74, 6) is 0.487. The predicted octanol–water partition coefficient (Wildman–Crippen LogP) is 0.263. The minimum atomic E-state index is -0.152. The lowest BCUT2D eigenvalue weighted by Gasteiger charge is -2.18. The van der Waals surface area contributed by atoms with Gasteiger partial charge in [0, 0.05) is 6.54 Å². The van der Waals surface area contributed by atoms with E-state index < -0.39 is 0 Å². The van der Waals surface area contributed by atoms with Gasteiger partial charge in [0.05, 0.1) is 5.69 Å². The summed E-state index contributed by atoms with van der Waals surface area (Å²) in [6.45, 7) is 0.492. The molecule has 0 fully saturated rings. The van der Waals surface area contributed by atoms with Gasteiger partial charge in [-0.05, 0) is 17.7 Å². The third-order valence-electron chi connectivity index (χ3n) is 2.07. The second-order valence-corrected chi connectivity index (χ2v) is 3.17. The molecule has 0 saturated heterocycles. The number of ether oxygens (including phenoxy) is 1. The normalized spacial score (nSPS) is 13.5. The number of benzene rings is 1. The lowest BCUT2D eigenvalue weighted by atomic mass is 10.1. The molecule has 0 spiro atoms. The van der Waals surface area contributed by atoms with Gasteiger partial charge >= 0.3 is 0 Å². The molecule has 1 aliphatic rings. The first-order valence-electron chi connectivity index (χ1n) is 4.52. The molecule has 0 bridgehead atoms. The molecule has 0 atom stereocenters. The molecule has 0 aliphatic carbocycles. The van der Waals surface area contributed by atoms with Crippen LogP contribution in [-0.2, 0) is 16.1 Å². The van der Waals surface area contributed by atoms with E-state index in [1.807, 2.05) is 6.07 Å². The minimum Gasteiger partial charge on any atom is -0.482 e. The van der Waals surface area contributed by atoms with Gasteiger partial charge in [-0.3, -0.25) is 9.59 Å². The molecule has 2 rings (SSSR count). The number of anilines is 1. The lowest BCUT2D eigenvalue weighted by Crippen LogP contribution is -2.25. The predicted molar refractivity (Wildman–Crippen MR) is 53.5 cm³/mol. The standard InChI is InChI=1S/C10H10N2O3/c13-6-11-4-7-1-2-8-9(3-7)15-5-10(14)12-8/h1-3,6H,4-5H2,(H,11,13)(H,12,14). The van der Waals surface area contributed by atoms with Crippen molar-refractivity contribution >= 4 is 18.0 Å². The van der Waals surface area contributed by atoms with Gasteiger partial charge in [-0.25, -0.2) is 0 Å². The molecule has 0 saturated carbocycles. The molecule has 0 radical (unpaired) electrons. The largest absolute Gasteiger partial charge is 0.482 e. The second-order valence-electron chi connectivity index (χ2n) is 3.17. The van der Waals surface area contributed by atoms with Crippen LogP contribution >= 0.6 is 0 Å². The summed E-state index contributed by atoms with van der Waals surface area (Å²) in [5, 5.41) is 5.25. The van der Waals surface area contributed by atoms with E-state index in [1.54, 1.807) is 12.1 Å². The van der Waals surface area contributed by atoms with Crippen LogP contribution in [-0.4, -0.2) is 18.9 Å². The zero-order chi connectivity index (χ0) is 10.7. The van der Waals surface area contributed by atoms with Crippen LogP contribution in [0.2, 0.25) is 0 Å². The highest BCUT2D eigenvalue weighted by molar-refractivity contribution is 5.95. The SMILES string of the molecule is O=CNCc1ccc2c(c1)OCC(=O)N2. The first-order valence-corrected chi connectivity index (χ1v) is 4.52. The van der Waals surface area contributed by atoms with Gasteiger partial charge in [0.2, 0.25) is 6.41 Å². The van der Waals surface area contributed by atoms with Gasteiger partial charge in [0.15, 0.2) is 6.61 Å². The van der Waals surface area contributed by atoms with Gasteiger partial charge in [-0.1, -0.05) is 6.07 Å². The summed E-state index contributed by atoms with van der Waals surface area (Å²) in [6.07, 6.45) is 0.641. The molecule has 1 aliphatic heterocycles. The molecule has 1 heterocycles. The van der Waals surface area contributed by atoms with Crippen LogP contribution in [0.5, 0.6) is 5.75 Å². The van der Waals surface area contributed by atoms with Crippen molar-refractivity contribution in [1.82, 2.24) is 5.32 Å². The zero-order valence-corrected chi connectivity index (χ0v) is 7.95. The van der Waals surface area contributed by atoms with Crippen molar-refractivity contribution in [1.29, 1.82) is 0 Å². The number of carbonyl (C=O) groups is 2. The molecule has 2 amide bonds. The van der Waals surface area contributed by atoms with Gasteiger partial charge in [-0.15, -0.1) is 0 Å². The third kappa shape index (κ3) is 2.07. The van der Waals surface area contributed by atoms with Crippen molar-refractivity contribution < 1.29 is 14.3 Å². The molecule has 5 heteroatoms. The summed E-state index contributed by atoms with van der Waals surface area (Å²) < 4.78 is 5.23. The topological polar surface area (TPSA) is 67.4 Å². The molecule has 0 aromatic heterocycles. The molecular formula is C10H10N2O3. The maximum Gasteiger partial charge on any atom is 0.262 e. The highest BCUT2D eigenvalue weighted by Crippen LogP contribution is 2.28. The monoisotopic (exact) mass is 206 g/mol. The van der Waals surface area contributed by atoms with Gasteiger partial charge in [-0.2, -0.15) is 0 Å². The first kappa shape index (κ1) is 9.51. The number of hydrogen-bond acceptors (Lipinski definition) is 3. The highest BCUT2D eigenvalue weighted by Gasteiger charge is 2.15. The number of carbonyl (C=O) groups excluding carboxylic acids is 2. The molecule has 78 valence electrons. The average molecular weight is 206 g/mol. The van der Waals surface area contributed by atoms with E-state index in [-0.39, 0.29) is 12.5 Å². The van der Waals surface area contributed by atoms with Gasteiger partial charge in [0.1, 0.15) is 5.75 Å². The van der Waals surface area contributed by atoms with Crippen molar-refractivity contribution in [2.45, 2.75) is 6.54 Å². The van der Waals surface area contributed by atoms with Crippen LogP contribution in [0.4, 0.5) is 5.69 Å². The second kappa shape index (κ2) is 4.00. The Labute approximate surface area is 86.4 Å². The zero-order valence-electron chi connectivity index (χ0n) is 7.95. The van der Waals surface area contributed by atoms with Gasteiger partial charge in [0.25, 0.3) is 5.91 Å². The van der Waals surface area contributed by atoms with Crippen molar-refractivity contribution in [2.24, 2.45) is 0 Å². The van der Waals surface area contributed by atoms with Crippen LogP contribution in [0.15, 0.2) is 18.2 Å². The number of hydrogen-bond donors (Lipinski definition) is 2. The van der Waals surface area contributed by atoms with Gasteiger partial charge < -0.3 is 15.4 Å². The Morgan fingerprint density at radius 1 is 1.53 bits per heavy atom. The third-order valence-corrected chi connectivity index (χ3v) is 2.07. The molecule has 1 aromatic carbocycles.